The van der Waals surface area contributed by atoms with Crippen molar-refractivity contribution in [2.75, 3.05) is 11.5 Å². The number of rotatable bonds is 5. The normalized spacial score (nSPS) is 10.9. The summed E-state index contributed by atoms with van der Waals surface area (Å²) >= 11 is 0. The average Bonchev–Trinajstić information content (AvgIpc) is 2.44. The van der Waals surface area contributed by atoms with Crippen molar-refractivity contribution in [2.24, 2.45) is 0 Å². The van der Waals surface area contributed by atoms with Crippen molar-refractivity contribution in [3.8, 4) is 11.5 Å². The summed E-state index contributed by atoms with van der Waals surface area (Å²) in [4.78, 5) is 0. The standard InChI is InChI=1S/C15H18N2O2Si/c1-2-11-20(18-14-7-3-12(16)4-8-14)19-15-9-5-13(17)6-10-15/h2-11,20H,16-17H2,1H3. The van der Waals surface area contributed by atoms with Gasteiger partial charge in [-0.2, -0.15) is 0 Å². The minimum absolute atomic E-state index is 0.709. The van der Waals surface area contributed by atoms with E-state index >= 15 is 0 Å². The van der Waals surface area contributed by atoms with Gasteiger partial charge in [-0.1, -0.05) is 6.08 Å². The van der Waals surface area contributed by atoms with Crippen LogP contribution >= 0.6 is 0 Å². The smallest absolute Gasteiger partial charge is 0.471 e. The fraction of sp³-hybridized carbons (Fsp3) is 0.0667. The van der Waals surface area contributed by atoms with E-state index in [2.05, 4.69) is 0 Å². The maximum absolute atomic E-state index is 5.89. The summed E-state index contributed by atoms with van der Waals surface area (Å²) in [6, 6.07) is 14.6. The molecule has 0 aliphatic rings. The summed E-state index contributed by atoms with van der Waals surface area (Å²) in [7, 11) is -1.98. The van der Waals surface area contributed by atoms with Crippen LogP contribution in [0, 0.1) is 0 Å². The third-order valence-corrected chi connectivity index (χ3v) is 4.32. The van der Waals surface area contributed by atoms with Gasteiger partial charge in [-0.25, -0.2) is 0 Å². The van der Waals surface area contributed by atoms with E-state index in [4.69, 9.17) is 20.3 Å². The molecule has 20 heavy (non-hydrogen) atoms. The van der Waals surface area contributed by atoms with Gasteiger partial charge in [-0.15, -0.1) is 0 Å². The second-order valence-corrected chi connectivity index (χ2v) is 5.86. The number of allylic oxidation sites excluding steroid dienone is 1. The topological polar surface area (TPSA) is 70.5 Å². The van der Waals surface area contributed by atoms with Crippen molar-refractivity contribution >= 4 is 20.7 Å². The van der Waals surface area contributed by atoms with Crippen LogP contribution in [0.4, 0.5) is 11.4 Å². The van der Waals surface area contributed by atoms with Crippen LogP contribution in [0.5, 0.6) is 11.5 Å². The van der Waals surface area contributed by atoms with Crippen molar-refractivity contribution < 1.29 is 8.85 Å². The molecule has 2 aromatic rings. The SMILES string of the molecule is CC=C[SiH](Oc1ccc(N)cc1)Oc1ccc(N)cc1. The molecule has 0 aliphatic heterocycles. The van der Waals surface area contributed by atoms with E-state index in [1.807, 2.05) is 43.0 Å². The van der Waals surface area contributed by atoms with Crippen molar-refractivity contribution in [1.82, 2.24) is 0 Å². The minimum Gasteiger partial charge on any atom is -0.511 e. The van der Waals surface area contributed by atoms with E-state index in [1.165, 1.54) is 0 Å². The van der Waals surface area contributed by atoms with Gasteiger partial charge in [0, 0.05) is 11.4 Å². The highest BCUT2D eigenvalue weighted by atomic mass is 28.3. The molecule has 0 atom stereocenters. The number of nitrogens with two attached hydrogens (primary N) is 2. The van der Waals surface area contributed by atoms with Crippen molar-refractivity contribution in [1.29, 1.82) is 0 Å². The van der Waals surface area contributed by atoms with Crippen molar-refractivity contribution in [3.63, 3.8) is 0 Å². The molecule has 104 valence electrons. The molecule has 0 fully saturated rings. The average molecular weight is 286 g/mol. The van der Waals surface area contributed by atoms with Crippen LogP contribution < -0.4 is 20.3 Å². The van der Waals surface area contributed by atoms with Gasteiger partial charge in [-0.3, -0.25) is 0 Å². The highest BCUT2D eigenvalue weighted by Crippen LogP contribution is 2.18. The van der Waals surface area contributed by atoms with Gasteiger partial charge in [0.15, 0.2) is 0 Å². The highest BCUT2D eigenvalue weighted by molar-refractivity contribution is 6.52. The molecule has 0 amide bonds. The van der Waals surface area contributed by atoms with Crippen LogP contribution in [-0.4, -0.2) is 9.28 Å². The Balaban J connectivity index is 2.07. The molecular formula is C15H18N2O2Si. The fourth-order valence-electron chi connectivity index (χ4n) is 1.62. The Morgan fingerprint density at radius 2 is 1.20 bits per heavy atom. The molecule has 0 saturated carbocycles. The lowest BCUT2D eigenvalue weighted by molar-refractivity contribution is 0.437. The van der Waals surface area contributed by atoms with E-state index in [9.17, 15) is 0 Å². The lowest BCUT2D eigenvalue weighted by Gasteiger charge is -2.16. The molecule has 0 aliphatic carbocycles. The fourth-order valence-corrected chi connectivity index (χ4v) is 2.99. The molecule has 2 rings (SSSR count). The third kappa shape index (κ3) is 4.06. The van der Waals surface area contributed by atoms with Crippen LogP contribution in [0.15, 0.2) is 60.3 Å². The Morgan fingerprint density at radius 3 is 1.55 bits per heavy atom. The zero-order valence-corrected chi connectivity index (χ0v) is 12.5. The van der Waals surface area contributed by atoms with E-state index in [1.54, 1.807) is 24.3 Å². The van der Waals surface area contributed by atoms with Crippen LogP contribution in [0.25, 0.3) is 0 Å². The van der Waals surface area contributed by atoms with Gasteiger partial charge >= 0.3 is 9.28 Å². The first-order valence-corrected chi connectivity index (χ1v) is 7.95. The Hall–Kier alpha value is -2.40. The first kappa shape index (κ1) is 14.0. The number of hydrogen-bond acceptors (Lipinski definition) is 4. The highest BCUT2D eigenvalue weighted by Gasteiger charge is 2.13. The van der Waals surface area contributed by atoms with Crippen LogP contribution in [0.2, 0.25) is 0 Å². The summed E-state index contributed by atoms with van der Waals surface area (Å²) in [5.74, 6) is 1.51. The van der Waals surface area contributed by atoms with E-state index in [-0.39, 0.29) is 0 Å². The zero-order chi connectivity index (χ0) is 14.4. The summed E-state index contributed by atoms with van der Waals surface area (Å²) in [6.07, 6.45) is 1.94. The lowest BCUT2D eigenvalue weighted by Crippen LogP contribution is -2.27. The van der Waals surface area contributed by atoms with Crippen LogP contribution in [0.3, 0.4) is 0 Å². The summed E-state index contributed by atoms with van der Waals surface area (Å²) < 4.78 is 11.8. The Morgan fingerprint density at radius 1 is 0.800 bits per heavy atom. The maximum Gasteiger partial charge on any atom is 0.471 e. The third-order valence-electron chi connectivity index (χ3n) is 2.61. The summed E-state index contributed by atoms with van der Waals surface area (Å²) in [5, 5.41) is 0. The van der Waals surface area contributed by atoms with Gasteiger partial charge in [0.1, 0.15) is 11.5 Å². The molecule has 0 saturated heterocycles. The van der Waals surface area contributed by atoms with E-state index in [0.29, 0.717) is 11.4 Å². The molecule has 2 aromatic carbocycles. The predicted molar refractivity (Wildman–Crippen MR) is 84.9 cm³/mol. The van der Waals surface area contributed by atoms with Gasteiger partial charge in [0.05, 0.1) is 0 Å². The summed E-state index contributed by atoms with van der Waals surface area (Å²) in [6.45, 7) is 1.94. The molecule has 0 aromatic heterocycles. The molecular weight excluding hydrogens is 268 g/mol. The first-order chi connectivity index (χ1) is 9.67. The number of benzene rings is 2. The Labute approximate surface area is 120 Å². The van der Waals surface area contributed by atoms with Crippen molar-refractivity contribution in [2.45, 2.75) is 6.92 Å². The largest absolute Gasteiger partial charge is 0.511 e. The monoisotopic (exact) mass is 286 g/mol. The van der Waals surface area contributed by atoms with Gasteiger partial charge in [0.2, 0.25) is 0 Å². The number of hydrogen-bond donors (Lipinski definition) is 2. The maximum atomic E-state index is 5.89. The lowest BCUT2D eigenvalue weighted by atomic mass is 10.3. The molecule has 4 nitrogen and oxygen atoms in total. The van der Waals surface area contributed by atoms with Gasteiger partial charge in [0.25, 0.3) is 0 Å². The van der Waals surface area contributed by atoms with Gasteiger partial charge < -0.3 is 20.3 Å². The number of anilines is 2. The zero-order valence-electron chi connectivity index (χ0n) is 11.3. The van der Waals surface area contributed by atoms with E-state index < -0.39 is 9.28 Å². The molecule has 0 spiro atoms. The summed E-state index contributed by atoms with van der Waals surface area (Å²) in [5.41, 5.74) is 14.7. The van der Waals surface area contributed by atoms with Crippen molar-refractivity contribution in [3.05, 3.63) is 60.3 Å². The van der Waals surface area contributed by atoms with E-state index in [0.717, 1.165) is 11.5 Å². The predicted octanol–water partition coefficient (Wildman–Crippen LogP) is 2.64. The molecule has 0 bridgehead atoms. The molecule has 0 unspecified atom stereocenters. The van der Waals surface area contributed by atoms with Crippen LogP contribution in [-0.2, 0) is 0 Å². The Kier molecular flexibility index (Phi) is 4.68. The molecule has 0 radical (unpaired) electrons. The number of nitrogen functional groups attached to an aromatic ring is 2. The quantitative estimate of drug-likeness (QED) is 0.655. The minimum atomic E-state index is -1.98. The first-order valence-electron chi connectivity index (χ1n) is 6.34. The molecule has 4 N–H and O–H groups in total. The molecule has 0 heterocycles. The Bertz CT molecular complexity index is 520. The van der Waals surface area contributed by atoms with Gasteiger partial charge in [-0.05, 0) is 61.2 Å². The second kappa shape index (κ2) is 6.67. The molecule has 5 heteroatoms. The second-order valence-electron chi connectivity index (χ2n) is 4.27. The van der Waals surface area contributed by atoms with Crippen LogP contribution in [0.1, 0.15) is 6.92 Å².